The summed E-state index contributed by atoms with van der Waals surface area (Å²) in [5.74, 6) is -1.01. The van der Waals surface area contributed by atoms with E-state index < -0.39 is 29.2 Å². The van der Waals surface area contributed by atoms with Crippen LogP contribution in [0.3, 0.4) is 0 Å². The Morgan fingerprint density at radius 2 is 1.44 bits per heavy atom. The molecule has 1 atom stereocenters. The van der Waals surface area contributed by atoms with Gasteiger partial charge in [0.1, 0.15) is 17.2 Å². The van der Waals surface area contributed by atoms with E-state index in [-0.39, 0.29) is 12.8 Å². The van der Waals surface area contributed by atoms with Gasteiger partial charge in [-0.3, -0.25) is 9.59 Å². The SMILES string of the molecule is CC(C)(C)OC(=O)CC[C@H]([NH])C(=O)OC(C)(C)C. The fraction of sp³-hybridized carbons (Fsp3) is 0.846. The second kappa shape index (κ2) is 6.18. The lowest BCUT2D eigenvalue weighted by Gasteiger charge is -2.22. The van der Waals surface area contributed by atoms with Gasteiger partial charge >= 0.3 is 11.9 Å². The zero-order valence-electron chi connectivity index (χ0n) is 12.1. The van der Waals surface area contributed by atoms with E-state index in [0.29, 0.717) is 0 Å². The number of rotatable bonds is 4. The summed E-state index contributed by atoms with van der Waals surface area (Å²) in [5.41, 5.74) is 6.45. The number of esters is 2. The molecule has 0 saturated heterocycles. The number of hydrogen-bond acceptors (Lipinski definition) is 4. The summed E-state index contributed by atoms with van der Waals surface area (Å²) in [6.07, 6.45) is 0.161. The average molecular weight is 258 g/mol. The molecule has 5 heteroatoms. The van der Waals surface area contributed by atoms with Crippen LogP contribution < -0.4 is 5.73 Å². The van der Waals surface area contributed by atoms with Crippen molar-refractivity contribution in [3.63, 3.8) is 0 Å². The second-order valence-electron chi connectivity index (χ2n) is 6.21. The van der Waals surface area contributed by atoms with E-state index in [9.17, 15) is 9.59 Å². The first-order valence-corrected chi connectivity index (χ1v) is 6.06. The molecule has 0 heterocycles. The fourth-order valence-electron chi connectivity index (χ4n) is 1.15. The van der Waals surface area contributed by atoms with E-state index in [1.165, 1.54) is 0 Å². The molecule has 0 aromatic carbocycles. The molecule has 1 N–H and O–H groups in total. The third-order valence-corrected chi connectivity index (χ3v) is 1.75. The summed E-state index contributed by atoms with van der Waals surface area (Å²) >= 11 is 0. The van der Waals surface area contributed by atoms with E-state index >= 15 is 0 Å². The van der Waals surface area contributed by atoms with E-state index in [1.54, 1.807) is 41.5 Å². The predicted molar refractivity (Wildman–Crippen MR) is 67.8 cm³/mol. The molecule has 0 rings (SSSR count). The minimum atomic E-state index is -1.04. The molecule has 0 unspecified atom stereocenters. The smallest absolute Gasteiger partial charge is 0.325 e. The van der Waals surface area contributed by atoms with E-state index in [2.05, 4.69) is 0 Å². The Hall–Kier alpha value is -1.10. The fourth-order valence-corrected chi connectivity index (χ4v) is 1.15. The number of ether oxygens (including phenoxy) is 2. The predicted octanol–water partition coefficient (Wildman–Crippen LogP) is 2.10. The lowest BCUT2D eigenvalue weighted by molar-refractivity contribution is -0.158. The zero-order valence-corrected chi connectivity index (χ0v) is 12.1. The first-order chi connectivity index (χ1) is 7.91. The molecule has 0 bridgehead atoms. The van der Waals surface area contributed by atoms with Crippen molar-refractivity contribution in [2.45, 2.75) is 71.6 Å². The van der Waals surface area contributed by atoms with Gasteiger partial charge in [-0.15, -0.1) is 0 Å². The molecule has 0 aliphatic rings. The molecule has 0 saturated carbocycles. The highest BCUT2D eigenvalue weighted by atomic mass is 16.6. The van der Waals surface area contributed by atoms with Crippen LogP contribution >= 0.6 is 0 Å². The van der Waals surface area contributed by atoms with Gasteiger partial charge in [-0.1, -0.05) is 0 Å². The molecule has 0 aliphatic heterocycles. The van der Waals surface area contributed by atoms with E-state index in [0.717, 1.165) is 0 Å². The van der Waals surface area contributed by atoms with Gasteiger partial charge < -0.3 is 9.47 Å². The molecule has 0 aromatic rings. The Morgan fingerprint density at radius 3 is 1.83 bits per heavy atom. The van der Waals surface area contributed by atoms with Gasteiger partial charge in [-0.2, -0.15) is 0 Å². The maximum absolute atomic E-state index is 11.5. The molecule has 0 spiro atoms. The van der Waals surface area contributed by atoms with Crippen molar-refractivity contribution in [2.75, 3.05) is 0 Å². The van der Waals surface area contributed by atoms with Crippen LogP contribution in [0, 0.1) is 0 Å². The van der Waals surface area contributed by atoms with Crippen molar-refractivity contribution >= 4 is 11.9 Å². The molecule has 0 aromatic heterocycles. The number of carbonyl (C=O) groups excluding carboxylic acids is 2. The maximum atomic E-state index is 11.5. The normalized spacial score (nSPS) is 13.9. The Bertz CT molecular complexity index is 299. The molecule has 105 valence electrons. The molecule has 0 fully saturated rings. The van der Waals surface area contributed by atoms with Crippen molar-refractivity contribution < 1.29 is 19.1 Å². The summed E-state index contributed by atoms with van der Waals surface area (Å²) in [7, 11) is 0. The van der Waals surface area contributed by atoms with Gasteiger partial charge in [-0.05, 0) is 48.0 Å². The molecular formula is C13H24NO4. The zero-order chi connectivity index (χ0) is 14.6. The van der Waals surface area contributed by atoms with Crippen molar-refractivity contribution in [3.05, 3.63) is 0 Å². The topological polar surface area (TPSA) is 76.4 Å². The van der Waals surface area contributed by atoms with Gasteiger partial charge in [-0.25, -0.2) is 5.73 Å². The first-order valence-electron chi connectivity index (χ1n) is 6.06. The quantitative estimate of drug-likeness (QED) is 0.723. The van der Waals surface area contributed by atoms with Crippen molar-refractivity contribution in [1.82, 2.24) is 5.73 Å². The van der Waals surface area contributed by atoms with Crippen LogP contribution in [0.1, 0.15) is 54.4 Å². The van der Waals surface area contributed by atoms with Gasteiger partial charge in [0.2, 0.25) is 0 Å². The second-order valence-corrected chi connectivity index (χ2v) is 6.21. The summed E-state index contributed by atoms with van der Waals surface area (Å²) in [6, 6.07) is -1.04. The van der Waals surface area contributed by atoms with Gasteiger partial charge in [0.05, 0.1) is 0 Å². The maximum Gasteiger partial charge on any atom is 0.325 e. The van der Waals surface area contributed by atoms with Gasteiger partial charge in [0.25, 0.3) is 0 Å². The van der Waals surface area contributed by atoms with Crippen molar-refractivity contribution in [2.24, 2.45) is 0 Å². The minimum absolute atomic E-state index is 0.0463. The third-order valence-electron chi connectivity index (χ3n) is 1.75. The van der Waals surface area contributed by atoms with Crippen LogP contribution in [0.4, 0.5) is 0 Å². The largest absolute Gasteiger partial charge is 0.460 e. The Kier molecular flexibility index (Phi) is 5.80. The van der Waals surface area contributed by atoms with Gasteiger partial charge in [0, 0.05) is 6.42 Å². The highest BCUT2D eigenvalue weighted by Crippen LogP contribution is 2.12. The lowest BCUT2D eigenvalue weighted by atomic mass is 10.1. The summed E-state index contributed by atoms with van der Waals surface area (Å²) in [5, 5.41) is 0. The minimum Gasteiger partial charge on any atom is -0.460 e. The molecular weight excluding hydrogens is 234 g/mol. The Labute approximate surface area is 109 Å². The highest BCUT2D eigenvalue weighted by molar-refractivity contribution is 5.77. The first kappa shape index (κ1) is 16.9. The standard InChI is InChI=1S/C13H24NO4/c1-12(2,3)17-10(15)8-7-9(14)11(16)18-13(4,5)6/h9,14H,7-8H2,1-6H3/t9-/m0/s1. The number of hydrogen-bond donors (Lipinski definition) is 0. The van der Waals surface area contributed by atoms with Gasteiger partial charge in [0.15, 0.2) is 0 Å². The molecule has 1 radical (unpaired) electrons. The number of nitrogens with one attached hydrogen (secondary N) is 1. The van der Waals surface area contributed by atoms with Crippen molar-refractivity contribution in [1.29, 1.82) is 0 Å². The summed E-state index contributed by atoms with van der Waals surface area (Å²) in [4.78, 5) is 22.9. The van der Waals surface area contributed by atoms with Crippen LogP contribution in [0.2, 0.25) is 0 Å². The van der Waals surface area contributed by atoms with E-state index in [4.69, 9.17) is 15.2 Å². The van der Waals surface area contributed by atoms with E-state index in [1.807, 2.05) is 0 Å². The molecule has 0 amide bonds. The molecule has 18 heavy (non-hydrogen) atoms. The molecule has 0 aliphatic carbocycles. The van der Waals surface area contributed by atoms with Crippen LogP contribution in [0.5, 0.6) is 0 Å². The highest BCUT2D eigenvalue weighted by Gasteiger charge is 2.24. The third kappa shape index (κ3) is 8.98. The van der Waals surface area contributed by atoms with Crippen LogP contribution in [0.15, 0.2) is 0 Å². The monoisotopic (exact) mass is 258 g/mol. The average Bonchev–Trinajstić information content (AvgIpc) is 2.08. The summed E-state index contributed by atoms with van der Waals surface area (Å²) in [6.45, 7) is 10.5. The van der Waals surface area contributed by atoms with Crippen LogP contribution in [-0.2, 0) is 19.1 Å². The lowest BCUT2D eigenvalue weighted by Crippen LogP contribution is -2.33. The van der Waals surface area contributed by atoms with Crippen LogP contribution in [0.25, 0.3) is 0 Å². The Balaban J connectivity index is 4.07. The van der Waals surface area contributed by atoms with Crippen LogP contribution in [-0.4, -0.2) is 29.2 Å². The number of carbonyl (C=O) groups is 2. The summed E-state index contributed by atoms with van der Waals surface area (Å²) < 4.78 is 10.1. The Morgan fingerprint density at radius 1 is 1.00 bits per heavy atom. The van der Waals surface area contributed by atoms with Crippen molar-refractivity contribution in [3.8, 4) is 0 Å². The molecule has 5 nitrogen and oxygen atoms in total.